The minimum absolute atomic E-state index is 0. The molecule has 186 valence electrons. The first kappa shape index (κ1) is 26.5. The van der Waals surface area contributed by atoms with Crippen LogP contribution in [0.3, 0.4) is 0 Å². The number of fused-ring (bicyclic) bond motifs is 1. The molecule has 3 aromatic carbocycles. The molecule has 6 nitrogen and oxygen atoms in total. The Morgan fingerprint density at radius 1 is 0.914 bits per heavy atom. The van der Waals surface area contributed by atoms with Crippen molar-refractivity contribution in [3.63, 3.8) is 0 Å². The first-order valence-corrected chi connectivity index (χ1v) is 11.7. The largest absolute Gasteiger partial charge is 0.491 e. The summed E-state index contributed by atoms with van der Waals surface area (Å²) in [5.74, 6) is 0.716. The quantitative estimate of drug-likeness (QED) is 0.339. The monoisotopic (exact) mass is 495 g/mol. The van der Waals surface area contributed by atoms with E-state index in [2.05, 4.69) is 36.5 Å². The SMILES string of the molecule is CC(CCc1ccccc1)NCc1ccc(OCC(O)c2ccc3c(c2)n(C)c(=O)n3C)cc1.Cl. The third kappa shape index (κ3) is 6.54. The van der Waals surface area contributed by atoms with E-state index in [4.69, 9.17) is 4.74 Å². The molecule has 35 heavy (non-hydrogen) atoms. The Balaban J connectivity index is 0.00000342. The van der Waals surface area contributed by atoms with Crippen LogP contribution >= 0.6 is 12.4 Å². The average molecular weight is 496 g/mol. The number of hydrogen-bond donors (Lipinski definition) is 2. The second-order valence-corrected chi connectivity index (χ2v) is 8.93. The highest BCUT2D eigenvalue weighted by atomic mass is 35.5. The molecule has 4 aromatic rings. The summed E-state index contributed by atoms with van der Waals surface area (Å²) in [7, 11) is 3.48. The molecule has 0 aliphatic carbocycles. The van der Waals surface area contributed by atoms with Crippen LogP contribution < -0.4 is 15.7 Å². The lowest BCUT2D eigenvalue weighted by atomic mass is 10.1. The number of aromatic nitrogens is 2. The standard InChI is InChI=1S/C28H33N3O3.ClH/c1-20(9-10-21-7-5-4-6-8-21)29-18-22-11-14-24(15-12-22)34-19-27(32)23-13-16-25-26(17-23)31(3)28(33)30(25)2;/h4-8,11-17,20,27,29,32H,9-10,18-19H2,1-3H3;1H. The number of aliphatic hydroxyl groups is 1. The molecule has 2 atom stereocenters. The van der Waals surface area contributed by atoms with Gasteiger partial charge in [-0.3, -0.25) is 9.13 Å². The molecule has 0 amide bonds. The molecule has 1 aromatic heterocycles. The molecule has 1 heterocycles. The summed E-state index contributed by atoms with van der Waals surface area (Å²) in [6, 6.07) is 24.5. The summed E-state index contributed by atoms with van der Waals surface area (Å²) in [5, 5.41) is 14.2. The fourth-order valence-electron chi connectivity index (χ4n) is 4.13. The van der Waals surface area contributed by atoms with Crippen LogP contribution in [0.5, 0.6) is 5.75 Å². The molecule has 0 radical (unpaired) electrons. The molecule has 0 spiro atoms. The van der Waals surface area contributed by atoms with Gasteiger partial charge in [0.05, 0.1) is 11.0 Å². The lowest BCUT2D eigenvalue weighted by Crippen LogP contribution is -2.25. The van der Waals surface area contributed by atoms with E-state index in [1.807, 2.05) is 48.5 Å². The third-order valence-electron chi connectivity index (χ3n) is 6.38. The second-order valence-electron chi connectivity index (χ2n) is 8.93. The molecule has 2 N–H and O–H groups in total. The van der Waals surface area contributed by atoms with Crippen LogP contribution in [-0.2, 0) is 27.1 Å². The molecule has 0 saturated carbocycles. The van der Waals surface area contributed by atoms with E-state index in [1.54, 1.807) is 23.2 Å². The van der Waals surface area contributed by atoms with Crippen molar-refractivity contribution in [1.82, 2.24) is 14.5 Å². The smallest absolute Gasteiger partial charge is 0.328 e. The van der Waals surface area contributed by atoms with E-state index < -0.39 is 6.10 Å². The van der Waals surface area contributed by atoms with Crippen molar-refractivity contribution in [1.29, 1.82) is 0 Å². The van der Waals surface area contributed by atoms with Crippen LogP contribution in [-0.4, -0.2) is 26.9 Å². The van der Waals surface area contributed by atoms with Gasteiger partial charge in [0, 0.05) is 26.7 Å². The van der Waals surface area contributed by atoms with Gasteiger partial charge >= 0.3 is 5.69 Å². The number of ether oxygens (including phenoxy) is 1. The Morgan fingerprint density at radius 3 is 2.31 bits per heavy atom. The van der Waals surface area contributed by atoms with Crippen molar-refractivity contribution >= 4 is 23.4 Å². The van der Waals surface area contributed by atoms with Crippen molar-refractivity contribution in [2.75, 3.05) is 6.61 Å². The molecule has 7 heteroatoms. The van der Waals surface area contributed by atoms with Crippen LogP contribution in [0, 0.1) is 0 Å². The highest BCUT2D eigenvalue weighted by Crippen LogP contribution is 2.21. The molecule has 4 rings (SSSR count). The highest BCUT2D eigenvalue weighted by molar-refractivity contribution is 5.85. The van der Waals surface area contributed by atoms with Gasteiger partial charge in [0.1, 0.15) is 18.5 Å². The van der Waals surface area contributed by atoms with E-state index in [0.717, 1.165) is 36.0 Å². The number of halogens is 1. The maximum absolute atomic E-state index is 12.1. The van der Waals surface area contributed by atoms with Crippen molar-refractivity contribution < 1.29 is 9.84 Å². The van der Waals surface area contributed by atoms with Gasteiger partial charge in [-0.15, -0.1) is 12.4 Å². The van der Waals surface area contributed by atoms with Gasteiger partial charge in [-0.2, -0.15) is 0 Å². The molecular formula is C28H34ClN3O3. The molecule has 0 aliphatic heterocycles. The average Bonchev–Trinajstić information content (AvgIpc) is 3.09. The van der Waals surface area contributed by atoms with Gasteiger partial charge in [-0.05, 0) is 60.7 Å². The van der Waals surface area contributed by atoms with Gasteiger partial charge in [0.2, 0.25) is 0 Å². The van der Waals surface area contributed by atoms with Crippen molar-refractivity contribution in [3.8, 4) is 5.75 Å². The Labute approximate surface area is 212 Å². The third-order valence-corrected chi connectivity index (χ3v) is 6.38. The van der Waals surface area contributed by atoms with Crippen LogP contribution in [0.2, 0.25) is 0 Å². The number of rotatable bonds is 10. The Morgan fingerprint density at radius 2 is 1.60 bits per heavy atom. The first-order chi connectivity index (χ1) is 16.4. The number of nitrogens with zero attached hydrogens (tertiary/aromatic N) is 2. The highest BCUT2D eigenvalue weighted by Gasteiger charge is 2.13. The second kappa shape index (κ2) is 12.1. The topological polar surface area (TPSA) is 68.4 Å². The minimum atomic E-state index is -0.786. The molecule has 0 saturated heterocycles. The molecular weight excluding hydrogens is 462 g/mol. The lowest BCUT2D eigenvalue weighted by Gasteiger charge is -2.15. The Hall–Kier alpha value is -3.06. The van der Waals surface area contributed by atoms with Crippen molar-refractivity contribution in [2.45, 2.75) is 38.5 Å². The Kier molecular flexibility index (Phi) is 9.15. The van der Waals surface area contributed by atoms with E-state index in [1.165, 1.54) is 11.1 Å². The summed E-state index contributed by atoms with van der Waals surface area (Å²) < 4.78 is 9.00. The zero-order valence-electron chi connectivity index (χ0n) is 20.5. The minimum Gasteiger partial charge on any atom is -0.491 e. The van der Waals surface area contributed by atoms with Crippen LogP contribution in [0.4, 0.5) is 0 Å². The predicted octanol–water partition coefficient (Wildman–Crippen LogP) is 4.52. The van der Waals surface area contributed by atoms with Crippen molar-refractivity contribution in [3.05, 3.63) is 100.0 Å². The van der Waals surface area contributed by atoms with E-state index in [9.17, 15) is 9.90 Å². The van der Waals surface area contributed by atoms with Gasteiger partial charge in [-0.1, -0.05) is 48.5 Å². The van der Waals surface area contributed by atoms with Crippen LogP contribution in [0.1, 0.15) is 36.1 Å². The van der Waals surface area contributed by atoms with Crippen molar-refractivity contribution in [2.24, 2.45) is 14.1 Å². The van der Waals surface area contributed by atoms with Crippen LogP contribution in [0.25, 0.3) is 11.0 Å². The van der Waals surface area contributed by atoms with E-state index >= 15 is 0 Å². The van der Waals surface area contributed by atoms with Gasteiger partial charge < -0.3 is 15.2 Å². The fourth-order valence-corrected chi connectivity index (χ4v) is 4.13. The summed E-state index contributed by atoms with van der Waals surface area (Å²) in [6.07, 6.45) is 1.37. The van der Waals surface area contributed by atoms with Gasteiger partial charge in [0.15, 0.2) is 0 Å². The number of hydrogen-bond acceptors (Lipinski definition) is 4. The summed E-state index contributed by atoms with van der Waals surface area (Å²) >= 11 is 0. The maximum atomic E-state index is 12.1. The zero-order valence-corrected chi connectivity index (χ0v) is 21.3. The maximum Gasteiger partial charge on any atom is 0.328 e. The zero-order chi connectivity index (χ0) is 24.1. The number of nitrogens with one attached hydrogen (secondary N) is 1. The van der Waals surface area contributed by atoms with Gasteiger partial charge in [0.25, 0.3) is 0 Å². The van der Waals surface area contributed by atoms with Gasteiger partial charge in [-0.25, -0.2) is 4.79 Å². The van der Waals surface area contributed by atoms with Crippen LogP contribution in [0.15, 0.2) is 77.6 Å². The van der Waals surface area contributed by atoms with E-state index in [-0.39, 0.29) is 24.7 Å². The molecule has 0 bridgehead atoms. The lowest BCUT2D eigenvalue weighted by molar-refractivity contribution is 0.108. The fraction of sp³-hybridized carbons (Fsp3) is 0.321. The normalized spacial score (nSPS) is 12.8. The number of aliphatic hydroxyl groups excluding tert-OH is 1. The number of benzene rings is 3. The summed E-state index contributed by atoms with van der Waals surface area (Å²) in [5.41, 5.74) is 4.82. The predicted molar refractivity (Wildman–Crippen MR) is 143 cm³/mol. The summed E-state index contributed by atoms with van der Waals surface area (Å²) in [6.45, 7) is 3.15. The van der Waals surface area contributed by atoms with E-state index in [0.29, 0.717) is 11.8 Å². The number of imidazole rings is 1. The Bertz CT molecular complexity index is 1280. The summed E-state index contributed by atoms with van der Waals surface area (Å²) in [4.78, 5) is 12.1. The molecule has 0 fully saturated rings. The first-order valence-electron chi connectivity index (χ1n) is 11.7. The molecule has 2 unspecified atom stereocenters. The molecule has 0 aliphatic rings. The number of aryl methyl sites for hydroxylation is 3.